The van der Waals surface area contributed by atoms with Crippen molar-refractivity contribution in [2.24, 2.45) is 21.7 Å². The Morgan fingerprint density at radius 1 is 0.595 bits per heavy atom. The van der Waals surface area contributed by atoms with Crippen molar-refractivity contribution >= 4 is 45.9 Å². The number of rotatable bonds is 3. The maximum Gasteiger partial charge on any atom is 0.186 e. The van der Waals surface area contributed by atoms with Crippen molar-refractivity contribution in [1.82, 2.24) is 0 Å². The molecule has 0 bridgehead atoms. The number of carbonyl (C=O) groups excluding carboxylic acids is 2. The highest BCUT2D eigenvalue weighted by molar-refractivity contribution is 7.15. The molecule has 2 aromatic rings. The summed E-state index contributed by atoms with van der Waals surface area (Å²) in [4.78, 5) is 30.6. The van der Waals surface area contributed by atoms with Crippen LogP contribution in [0, 0.1) is 21.7 Å². The van der Waals surface area contributed by atoms with Gasteiger partial charge in [-0.15, -0.1) is 22.7 Å². The fourth-order valence-electron chi connectivity index (χ4n) is 5.29. The minimum atomic E-state index is -0.273. The van der Waals surface area contributed by atoms with Crippen LogP contribution in [0.25, 0.3) is 11.6 Å². The Balaban J connectivity index is 1.92. The van der Waals surface area contributed by atoms with Crippen LogP contribution in [0.4, 0.5) is 0 Å². The lowest BCUT2D eigenvalue weighted by Gasteiger charge is -2.32. The van der Waals surface area contributed by atoms with Crippen molar-refractivity contribution in [3.05, 3.63) is 102 Å². The highest BCUT2D eigenvalue weighted by Crippen LogP contribution is 2.44. The first-order valence-electron chi connectivity index (χ1n) is 14.8. The van der Waals surface area contributed by atoms with Crippen LogP contribution >= 0.6 is 22.7 Å². The molecule has 222 valence electrons. The molecule has 2 aliphatic carbocycles. The van der Waals surface area contributed by atoms with E-state index >= 15 is 0 Å². The average molecular weight is 599 g/mol. The van der Waals surface area contributed by atoms with Gasteiger partial charge in [0, 0.05) is 42.5 Å². The molecule has 0 N–H and O–H groups in total. The van der Waals surface area contributed by atoms with E-state index < -0.39 is 0 Å². The summed E-state index contributed by atoms with van der Waals surface area (Å²) in [6, 6.07) is 8.62. The van der Waals surface area contributed by atoms with E-state index in [0.29, 0.717) is 0 Å². The Hall–Kier alpha value is -2.82. The fraction of sp³-hybridized carbons (Fsp3) is 0.421. The van der Waals surface area contributed by atoms with Crippen LogP contribution in [0.3, 0.4) is 0 Å². The second-order valence-electron chi connectivity index (χ2n) is 15.5. The predicted octanol–water partition coefficient (Wildman–Crippen LogP) is 11.1. The van der Waals surface area contributed by atoms with Gasteiger partial charge in [-0.05, 0) is 86.8 Å². The number of Topliss-reactive ketones (excluding diaryl/α,β-unsaturated/α-hetero) is 2. The normalized spacial score (nSPS) is 17.1. The fourth-order valence-corrected chi connectivity index (χ4v) is 7.21. The SMILES string of the molecule is CC(C)(C)C1=CC(=Cc2ccc(C(=C3C=C(C(C)(C)C)C(=O)C(C(C)(C)C)=C3)c3cccs3)s2)C=C(C(C)(C)C)C1=O. The third-order valence-corrected chi connectivity index (χ3v) is 9.61. The molecule has 0 atom stereocenters. The molecule has 0 saturated heterocycles. The summed E-state index contributed by atoms with van der Waals surface area (Å²) in [6.45, 7) is 25.4. The molecular formula is C38H46O2S2. The molecule has 0 fully saturated rings. The van der Waals surface area contributed by atoms with Gasteiger partial charge in [0.05, 0.1) is 0 Å². The second-order valence-corrected chi connectivity index (χ2v) is 17.6. The van der Waals surface area contributed by atoms with E-state index in [2.05, 4.69) is 143 Å². The number of allylic oxidation sites excluding steroid dienone is 10. The van der Waals surface area contributed by atoms with E-state index in [9.17, 15) is 9.59 Å². The molecule has 0 aromatic carbocycles. The minimum Gasteiger partial charge on any atom is -0.289 e. The summed E-state index contributed by atoms with van der Waals surface area (Å²) in [5, 5.41) is 2.11. The molecule has 2 nitrogen and oxygen atoms in total. The number of carbonyl (C=O) groups is 2. The molecule has 0 amide bonds. The van der Waals surface area contributed by atoms with Crippen molar-refractivity contribution in [1.29, 1.82) is 0 Å². The molecule has 4 heteroatoms. The van der Waals surface area contributed by atoms with Crippen LogP contribution in [-0.4, -0.2) is 11.6 Å². The number of ketones is 2. The predicted molar refractivity (Wildman–Crippen MR) is 183 cm³/mol. The van der Waals surface area contributed by atoms with Crippen molar-refractivity contribution in [3.8, 4) is 0 Å². The van der Waals surface area contributed by atoms with Crippen LogP contribution in [-0.2, 0) is 9.59 Å². The van der Waals surface area contributed by atoms with E-state index in [-0.39, 0.29) is 33.2 Å². The summed E-state index contributed by atoms with van der Waals surface area (Å²) < 4.78 is 0. The number of hydrogen-bond acceptors (Lipinski definition) is 4. The van der Waals surface area contributed by atoms with Gasteiger partial charge in [0.2, 0.25) is 0 Å². The van der Waals surface area contributed by atoms with E-state index in [4.69, 9.17) is 0 Å². The first kappa shape index (κ1) is 32.1. The van der Waals surface area contributed by atoms with Gasteiger partial charge in [-0.1, -0.05) is 89.2 Å². The Morgan fingerprint density at radius 2 is 1.05 bits per heavy atom. The van der Waals surface area contributed by atoms with Crippen LogP contribution in [0.15, 0.2) is 87.4 Å². The zero-order valence-corrected chi connectivity index (χ0v) is 29.0. The first-order valence-corrected chi connectivity index (χ1v) is 16.5. The van der Waals surface area contributed by atoms with Gasteiger partial charge in [0.1, 0.15) is 0 Å². The number of thiophene rings is 2. The zero-order valence-electron chi connectivity index (χ0n) is 27.4. The Bertz CT molecular complexity index is 1520. The summed E-state index contributed by atoms with van der Waals surface area (Å²) >= 11 is 3.47. The summed E-state index contributed by atoms with van der Waals surface area (Å²) in [6.07, 6.45) is 10.6. The third kappa shape index (κ3) is 6.71. The topological polar surface area (TPSA) is 34.1 Å². The van der Waals surface area contributed by atoms with Crippen LogP contribution in [0.5, 0.6) is 0 Å². The van der Waals surface area contributed by atoms with Crippen molar-refractivity contribution < 1.29 is 9.59 Å². The van der Waals surface area contributed by atoms with Gasteiger partial charge >= 0.3 is 0 Å². The smallest absolute Gasteiger partial charge is 0.186 e. The summed E-state index contributed by atoms with van der Waals surface area (Å²) in [5.41, 5.74) is 5.67. The molecule has 0 spiro atoms. The van der Waals surface area contributed by atoms with Crippen molar-refractivity contribution in [2.75, 3.05) is 0 Å². The second kappa shape index (κ2) is 11.0. The van der Waals surface area contributed by atoms with Gasteiger partial charge < -0.3 is 0 Å². The highest BCUT2D eigenvalue weighted by Gasteiger charge is 2.36. The maximum absolute atomic E-state index is 13.7. The lowest BCUT2D eigenvalue weighted by Crippen LogP contribution is -2.28. The third-order valence-electron chi connectivity index (χ3n) is 7.67. The molecule has 0 saturated carbocycles. The molecule has 2 heterocycles. The minimum absolute atomic E-state index is 0.149. The van der Waals surface area contributed by atoms with Crippen LogP contribution in [0.2, 0.25) is 0 Å². The van der Waals surface area contributed by atoms with E-state index in [1.807, 2.05) is 0 Å². The molecule has 0 radical (unpaired) electrons. The lowest BCUT2D eigenvalue weighted by molar-refractivity contribution is -0.114. The quantitative estimate of drug-likeness (QED) is 0.352. The van der Waals surface area contributed by atoms with Crippen molar-refractivity contribution in [3.63, 3.8) is 0 Å². The Morgan fingerprint density at radius 3 is 1.45 bits per heavy atom. The zero-order chi connectivity index (χ0) is 31.4. The molecule has 0 unspecified atom stereocenters. The molecular weight excluding hydrogens is 553 g/mol. The van der Waals surface area contributed by atoms with Gasteiger partial charge in [-0.3, -0.25) is 9.59 Å². The van der Waals surface area contributed by atoms with Crippen molar-refractivity contribution in [2.45, 2.75) is 83.1 Å². The largest absolute Gasteiger partial charge is 0.289 e. The van der Waals surface area contributed by atoms with E-state index in [1.54, 1.807) is 22.7 Å². The monoisotopic (exact) mass is 598 g/mol. The number of hydrogen-bond donors (Lipinski definition) is 0. The van der Waals surface area contributed by atoms with Crippen LogP contribution in [0.1, 0.15) is 97.7 Å². The van der Waals surface area contributed by atoms with E-state index in [0.717, 1.165) is 48.8 Å². The van der Waals surface area contributed by atoms with Crippen LogP contribution < -0.4 is 0 Å². The summed E-state index contributed by atoms with van der Waals surface area (Å²) in [5.74, 6) is 0.300. The van der Waals surface area contributed by atoms with E-state index in [1.165, 1.54) is 4.88 Å². The summed E-state index contributed by atoms with van der Waals surface area (Å²) in [7, 11) is 0. The molecule has 2 aromatic heterocycles. The standard InChI is InChI=1S/C38H46O2S2/c1-35(2,3)26-19-23(20-27(33(26)39)36(4,5)6)18-25-15-16-31(42-25)32(30-14-13-17-41-30)24-21-28(37(7,8)9)34(40)29(22-24)38(10,11)12/h13-22H,1-12H3. The molecule has 4 rings (SSSR count). The van der Waals surface area contributed by atoms with Gasteiger partial charge in [0.15, 0.2) is 11.6 Å². The first-order chi connectivity index (χ1) is 19.2. The Labute approximate surface area is 261 Å². The van der Waals surface area contributed by atoms with Gasteiger partial charge in [-0.25, -0.2) is 0 Å². The van der Waals surface area contributed by atoms with Gasteiger partial charge in [0.25, 0.3) is 0 Å². The molecule has 42 heavy (non-hydrogen) atoms. The maximum atomic E-state index is 13.7. The highest BCUT2D eigenvalue weighted by atomic mass is 32.1. The average Bonchev–Trinajstić information content (AvgIpc) is 3.51. The molecule has 0 aliphatic heterocycles. The van der Waals surface area contributed by atoms with Gasteiger partial charge in [-0.2, -0.15) is 0 Å². The molecule has 2 aliphatic rings. The Kier molecular flexibility index (Phi) is 8.43. The lowest BCUT2D eigenvalue weighted by atomic mass is 9.71.